The van der Waals surface area contributed by atoms with Gasteiger partial charge in [0.25, 0.3) is 0 Å². The van der Waals surface area contributed by atoms with E-state index in [0.29, 0.717) is 18.3 Å². The van der Waals surface area contributed by atoms with E-state index < -0.39 is 0 Å². The first-order valence-corrected chi connectivity index (χ1v) is 12.0. The fraction of sp³-hybridized carbons (Fsp3) is 0.480. The topological polar surface area (TPSA) is 59.3 Å². The van der Waals surface area contributed by atoms with Gasteiger partial charge in [-0.1, -0.05) is 37.1 Å². The van der Waals surface area contributed by atoms with Crippen LogP contribution in [0.5, 0.6) is 5.75 Å². The number of rotatable bonds is 7. The molecule has 1 atom stereocenters. The first-order valence-electron chi connectivity index (χ1n) is 12.0. The lowest BCUT2D eigenvalue weighted by atomic mass is 10.0. The molecule has 0 spiro atoms. The van der Waals surface area contributed by atoms with Crippen molar-refractivity contribution in [3.05, 3.63) is 65.7 Å². The van der Waals surface area contributed by atoms with Crippen molar-refractivity contribution in [2.45, 2.75) is 44.7 Å². The molecule has 33 heavy (non-hydrogen) atoms. The van der Waals surface area contributed by atoms with E-state index in [1.807, 2.05) is 31.2 Å². The molecule has 0 bridgehead atoms. The molecule has 3 aromatic rings. The Morgan fingerprint density at radius 2 is 1.73 bits per heavy atom. The zero-order valence-electron chi connectivity index (χ0n) is 19.1. The summed E-state index contributed by atoms with van der Waals surface area (Å²) < 4.78 is 22.1. The molecule has 0 amide bonds. The van der Waals surface area contributed by atoms with Gasteiger partial charge in [-0.05, 0) is 60.0 Å². The fourth-order valence-corrected chi connectivity index (χ4v) is 5.15. The van der Waals surface area contributed by atoms with Crippen LogP contribution < -0.4 is 9.64 Å². The van der Waals surface area contributed by atoms with Crippen LogP contribution >= 0.6 is 0 Å². The molecular weight excluding hydrogens is 419 g/mol. The lowest BCUT2D eigenvalue weighted by Gasteiger charge is -2.40. The van der Waals surface area contributed by atoms with Crippen molar-refractivity contribution in [1.82, 2.24) is 25.1 Å². The average molecular weight is 451 g/mol. The zero-order valence-corrected chi connectivity index (χ0v) is 19.1. The van der Waals surface area contributed by atoms with Crippen LogP contribution in [0.1, 0.15) is 56.1 Å². The van der Waals surface area contributed by atoms with Crippen LogP contribution in [0.25, 0.3) is 0 Å². The number of benzene rings is 2. The summed E-state index contributed by atoms with van der Waals surface area (Å²) in [5.74, 6) is 1.59. The minimum absolute atomic E-state index is 0.0564. The van der Waals surface area contributed by atoms with Crippen molar-refractivity contribution in [1.29, 1.82) is 0 Å². The molecule has 174 valence electrons. The minimum Gasteiger partial charge on any atom is -0.494 e. The van der Waals surface area contributed by atoms with Gasteiger partial charge in [0.1, 0.15) is 11.6 Å². The van der Waals surface area contributed by atoms with Gasteiger partial charge in [0, 0.05) is 26.2 Å². The van der Waals surface area contributed by atoms with Gasteiger partial charge < -0.3 is 9.64 Å². The zero-order chi connectivity index (χ0) is 22.6. The number of halogens is 1. The lowest BCUT2D eigenvalue weighted by molar-refractivity contribution is 0.197. The summed E-state index contributed by atoms with van der Waals surface area (Å²) in [5, 5.41) is 13.0. The number of aromatic nitrogens is 4. The molecule has 0 radical (unpaired) electrons. The molecule has 2 fully saturated rings. The van der Waals surface area contributed by atoms with Crippen molar-refractivity contribution in [3.8, 4) is 5.75 Å². The molecule has 2 aliphatic rings. The Kier molecular flexibility index (Phi) is 6.53. The predicted octanol–water partition coefficient (Wildman–Crippen LogP) is 4.24. The second-order valence-electron chi connectivity index (χ2n) is 8.80. The highest BCUT2D eigenvalue weighted by Crippen LogP contribution is 2.35. The maximum absolute atomic E-state index is 14.3. The van der Waals surface area contributed by atoms with E-state index in [9.17, 15) is 4.39 Å². The van der Waals surface area contributed by atoms with Crippen LogP contribution in [0.3, 0.4) is 0 Å². The molecule has 1 saturated heterocycles. The maximum Gasteiger partial charge on any atom is 0.173 e. The highest BCUT2D eigenvalue weighted by molar-refractivity contribution is 5.48. The summed E-state index contributed by atoms with van der Waals surface area (Å²) >= 11 is 0. The number of para-hydroxylation sites is 1. The Morgan fingerprint density at radius 3 is 2.42 bits per heavy atom. The Balaban J connectivity index is 1.43. The van der Waals surface area contributed by atoms with E-state index >= 15 is 0 Å². The molecule has 1 aliphatic heterocycles. The predicted molar refractivity (Wildman–Crippen MR) is 125 cm³/mol. The summed E-state index contributed by atoms with van der Waals surface area (Å²) in [4.78, 5) is 4.55. The van der Waals surface area contributed by atoms with Gasteiger partial charge in [-0.15, -0.1) is 5.10 Å². The molecule has 2 aromatic carbocycles. The van der Waals surface area contributed by atoms with Crippen LogP contribution in [-0.4, -0.2) is 57.9 Å². The van der Waals surface area contributed by atoms with Crippen molar-refractivity contribution in [3.63, 3.8) is 0 Å². The van der Waals surface area contributed by atoms with Crippen LogP contribution in [-0.2, 0) is 0 Å². The van der Waals surface area contributed by atoms with Crippen molar-refractivity contribution in [2.24, 2.45) is 0 Å². The number of hydrogen-bond donors (Lipinski definition) is 0. The van der Waals surface area contributed by atoms with Gasteiger partial charge >= 0.3 is 0 Å². The molecule has 0 unspecified atom stereocenters. The molecule has 5 rings (SSSR count). The van der Waals surface area contributed by atoms with E-state index in [1.165, 1.54) is 18.9 Å². The summed E-state index contributed by atoms with van der Waals surface area (Å²) in [6.07, 6.45) is 4.68. The molecule has 2 heterocycles. The highest BCUT2D eigenvalue weighted by Gasteiger charge is 2.33. The van der Waals surface area contributed by atoms with Gasteiger partial charge in [0.15, 0.2) is 5.82 Å². The normalized spacial score (nSPS) is 18.5. The number of piperazine rings is 1. The Bertz CT molecular complexity index is 1040. The summed E-state index contributed by atoms with van der Waals surface area (Å²) in [7, 11) is 0. The van der Waals surface area contributed by atoms with Gasteiger partial charge in [-0.2, -0.15) is 0 Å². The molecule has 1 aromatic heterocycles. The Morgan fingerprint density at radius 1 is 1.00 bits per heavy atom. The summed E-state index contributed by atoms with van der Waals surface area (Å²) in [6, 6.07) is 15.6. The quantitative estimate of drug-likeness (QED) is 0.537. The van der Waals surface area contributed by atoms with Crippen LogP contribution in [0.4, 0.5) is 10.1 Å². The van der Waals surface area contributed by atoms with E-state index in [4.69, 9.17) is 4.74 Å². The van der Waals surface area contributed by atoms with Crippen molar-refractivity contribution in [2.75, 3.05) is 37.7 Å². The number of hydrogen-bond acceptors (Lipinski definition) is 6. The second-order valence-corrected chi connectivity index (χ2v) is 8.80. The molecule has 0 N–H and O–H groups in total. The number of anilines is 1. The van der Waals surface area contributed by atoms with Gasteiger partial charge in [-0.25, -0.2) is 9.07 Å². The van der Waals surface area contributed by atoms with Crippen LogP contribution in [0.2, 0.25) is 0 Å². The first kappa shape index (κ1) is 21.8. The average Bonchev–Trinajstić information content (AvgIpc) is 3.54. The number of tetrazole rings is 1. The van der Waals surface area contributed by atoms with E-state index in [2.05, 4.69) is 42.1 Å². The largest absolute Gasteiger partial charge is 0.494 e. The summed E-state index contributed by atoms with van der Waals surface area (Å²) in [6.45, 7) is 5.72. The van der Waals surface area contributed by atoms with E-state index in [1.54, 1.807) is 6.07 Å². The number of ether oxygens (including phenoxy) is 1. The smallest absolute Gasteiger partial charge is 0.173 e. The third-order valence-corrected chi connectivity index (χ3v) is 6.81. The third-order valence-electron chi connectivity index (χ3n) is 6.81. The second kappa shape index (κ2) is 9.87. The standard InChI is InChI=1S/C25H31FN6O/c1-2-33-21-13-11-19(12-14-21)24(25-27-28-29-32(25)20-7-3-4-8-20)31-17-15-30(16-18-31)23-10-6-5-9-22(23)26/h5-6,9-14,20,24H,2-4,7-8,15-18H2,1H3/t24-/m1/s1. The monoisotopic (exact) mass is 450 g/mol. The lowest BCUT2D eigenvalue weighted by Crippen LogP contribution is -2.48. The van der Waals surface area contributed by atoms with Gasteiger partial charge in [0.2, 0.25) is 0 Å². The molecule has 7 nitrogen and oxygen atoms in total. The van der Waals surface area contributed by atoms with Crippen molar-refractivity contribution >= 4 is 5.69 Å². The molecule has 1 aliphatic carbocycles. The molecule has 1 saturated carbocycles. The van der Waals surface area contributed by atoms with Gasteiger partial charge in [0.05, 0.1) is 24.4 Å². The van der Waals surface area contributed by atoms with E-state index in [-0.39, 0.29) is 11.9 Å². The molecule has 8 heteroatoms. The first-order chi connectivity index (χ1) is 16.2. The molecular formula is C25H31FN6O. The SMILES string of the molecule is CCOc1ccc([C@H](c2nnnn2C2CCCC2)N2CCN(c3ccccc3F)CC2)cc1. The highest BCUT2D eigenvalue weighted by atomic mass is 19.1. The minimum atomic E-state index is -0.167. The van der Waals surface area contributed by atoms with Gasteiger partial charge in [-0.3, -0.25) is 4.90 Å². The Hall–Kier alpha value is -3.00. The Labute approximate surface area is 194 Å². The summed E-state index contributed by atoms with van der Waals surface area (Å²) in [5.41, 5.74) is 1.82. The third kappa shape index (κ3) is 4.57. The van der Waals surface area contributed by atoms with Crippen LogP contribution in [0.15, 0.2) is 48.5 Å². The fourth-order valence-electron chi connectivity index (χ4n) is 5.15. The van der Waals surface area contributed by atoms with Crippen molar-refractivity contribution < 1.29 is 9.13 Å². The van der Waals surface area contributed by atoms with Crippen LogP contribution in [0, 0.1) is 5.82 Å². The van der Waals surface area contributed by atoms with E-state index in [0.717, 1.165) is 56.2 Å². The maximum atomic E-state index is 14.3. The number of nitrogens with zero attached hydrogens (tertiary/aromatic N) is 6.